The summed E-state index contributed by atoms with van der Waals surface area (Å²) >= 11 is 1.43. The third-order valence-electron chi connectivity index (χ3n) is 5.66. The van der Waals surface area contributed by atoms with Gasteiger partial charge in [-0.15, -0.1) is 10.2 Å². The first kappa shape index (κ1) is 19.3. The first-order valence-corrected chi connectivity index (χ1v) is 11.3. The summed E-state index contributed by atoms with van der Waals surface area (Å²) in [6, 6.07) is 16.8. The molecule has 0 N–H and O–H groups in total. The minimum absolute atomic E-state index is 0.112. The summed E-state index contributed by atoms with van der Waals surface area (Å²) in [5.41, 5.74) is 1.41. The molecule has 1 aromatic heterocycles. The number of amides is 1. The van der Waals surface area contributed by atoms with Crippen LogP contribution in [0.5, 0.6) is 0 Å². The Hall–Kier alpha value is -2.67. The van der Waals surface area contributed by atoms with Gasteiger partial charge >= 0.3 is 0 Å². The van der Waals surface area contributed by atoms with Gasteiger partial charge in [0.05, 0.1) is 5.56 Å². The second kappa shape index (κ2) is 8.22. The molecule has 0 bridgehead atoms. The Morgan fingerprint density at radius 1 is 1.00 bits per heavy atom. The van der Waals surface area contributed by atoms with E-state index in [-0.39, 0.29) is 23.0 Å². The summed E-state index contributed by atoms with van der Waals surface area (Å²) in [5.74, 6) is 0.344. The van der Waals surface area contributed by atoms with Crippen LogP contribution in [-0.4, -0.2) is 38.7 Å². The van der Waals surface area contributed by atoms with Gasteiger partial charge in [-0.2, -0.15) is 0 Å². The minimum atomic E-state index is -0.389. The number of aromatic nitrogens is 3. The van der Waals surface area contributed by atoms with E-state index >= 15 is 0 Å². The molecule has 2 heterocycles. The van der Waals surface area contributed by atoms with Crippen LogP contribution in [0, 0.1) is 5.82 Å². The third-order valence-corrected chi connectivity index (χ3v) is 6.86. The van der Waals surface area contributed by atoms with E-state index in [9.17, 15) is 9.18 Å². The lowest BCUT2D eigenvalue weighted by molar-refractivity contribution is -0.129. The molecule has 1 aliphatic carbocycles. The van der Waals surface area contributed by atoms with Crippen LogP contribution >= 0.6 is 11.8 Å². The highest BCUT2D eigenvalue weighted by Crippen LogP contribution is 2.45. The lowest BCUT2D eigenvalue weighted by Gasteiger charge is -2.23. The number of thioether (sulfide) groups is 1. The molecule has 2 aliphatic rings. The fourth-order valence-corrected chi connectivity index (χ4v) is 5.13. The Morgan fingerprint density at radius 2 is 1.70 bits per heavy atom. The highest BCUT2D eigenvalue weighted by Gasteiger charge is 2.35. The van der Waals surface area contributed by atoms with Gasteiger partial charge in [0.25, 0.3) is 0 Å². The van der Waals surface area contributed by atoms with Gasteiger partial charge in [0.1, 0.15) is 11.1 Å². The number of hydrogen-bond acceptors (Lipinski definition) is 4. The largest absolute Gasteiger partial charge is 0.341 e. The van der Waals surface area contributed by atoms with Crippen molar-refractivity contribution in [1.82, 2.24) is 19.7 Å². The monoisotopic (exact) mass is 422 g/mol. The van der Waals surface area contributed by atoms with Crippen LogP contribution in [0.3, 0.4) is 0 Å². The summed E-state index contributed by atoms with van der Waals surface area (Å²) in [7, 11) is 0. The number of hydrogen-bond donors (Lipinski definition) is 0. The molecule has 1 amide bonds. The molecule has 2 fully saturated rings. The van der Waals surface area contributed by atoms with Crippen molar-refractivity contribution in [3.05, 3.63) is 66.0 Å². The van der Waals surface area contributed by atoms with E-state index in [0.29, 0.717) is 16.5 Å². The molecule has 0 radical (unpaired) electrons. The molecule has 5 rings (SSSR count). The van der Waals surface area contributed by atoms with Crippen LogP contribution in [-0.2, 0) is 4.79 Å². The van der Waals surface area contributed by atoms with Crippen molar-refractivity contribution in [3.63, 3.8) is 0 Å². The van der Waals surface area contributed by atoms with Crippen molar-refractivity contribution < 1.29 is 9.18 Å². The molecule has 1 atom stereocenters. The average molecular weight is 423 g/mol. The molecular weight excluding hydrogens is 399 g/mol. The maximum atomic E-state index is 14.5. The standard InChI is InChI=1S/C23H23FN4OS/c24-19-11-5-4-10-18(19)21-25-26-23(28(21)17-12-13-17)30-20(16-8-2-1-3-9-16)22(29)27-14-6-7-15-27/h1-5,8-11,17,20H,6-7,12-15H2/t20-/m0/s1. The third kappa shape index (κ3) is 3.74. The van der Waals surface area contributed by atoms with Crippen molar-refractivity contribution in [3.8, 4) is 11.4 Å². The van der Waals surface area contributed by atoms with Crippen LogP contribution < -0.4 is 0 Å². The number of carbonyl (C=O) groups is 1. The van der Waals surface area contributed by atoms with Crippen LogP contribution in [0.25, 0.3) is 11.4 Å². The van der Waals surface area contributed by atoms with Crippen molar-refractivity contribution in [2.75, 3.05) is 13.1 Å². The maximum Gasteiger partial charge on any atom is 0.240 e. The van der Waals surface area contributed by atoms with E-state index in [1.807, 2.05) is 39.8 Å². The molecule has 30 heavy (non-hydrogen) atoms. The second-order valence-electron chi connectivity index (χ2n) is 7.83. The van der Waals surface area contributed by atoms with Gasteiger partial charge in [-0.25, -0.2) is 4.39 Å². The van der Waals surface area contributed by atoms with Crippen LogP contribution in [0.1, 0.15) is 42.5 Å². The number of likely N-dealkylation sites (tertiary alicyclic amines) is 1. The van der Waals surface area contributed by atoms with Crippen molar-refractivity contribution in [2.24, 2.45) is 0 Å². The van der Waals surface area contributed by atoms with Gasteiger partial charge in [0.2, 0.25) is 5.91 Å². The molecule has 154 valence electrons. The van der Waals surface area contributed by atoms with Crippen LogP contribution in [0.4, 0.5) is 4.39 Å². The number of halogens is 1. The second-order valence-corrected chi connectivity index (χ2v) is 8.90. The SMILES string of the molecule is O=C([C@@H](Sc1nnc(-c2ccccc2F)n1C1CC1)c1ccccc1)N1CCCC1. The van der Waals surface area contributed by atoms with Gasteiger partial charge < -0.3 is 4.90 Å². The predicted octanol–water partition coefficient (Wildman–Crippen LogP) is 4.87. The highest BCUT2D eigenvalue weighted by atomic mass is 32.2. The summed E-state index contributed by atoms with van der Waals surface area (Å²) in [6.45, 7) is 1.61. The topological polar surface area (TPSA) is 51.0 Å². The number of rotatable bonds is 6. The molecule has 0 unspecified atom stereocenters. The Balaban J connectivity index is 1.52. The van der Waals surface area contributed by atoms with E-state index in [4.69, 9.17) is 0 Å². The molecular formula is C23H23FN4OS. The van der Waals surface area contributed by atoms with Gasteiger partial charge in [0.15, 0.2) is 11.0 Å². The van der Waals surface area contributed by atoms with Crippen molar-refractivity contribution in [2.45, 2.75) is 42.1 Å². The highest BCUT2D eigenvalue weighted by molar-refractivity contribution is 8.00. The molecule has 3 aromatic rings. The lowest BCUT2D eigenvalue weighted by atomic mass is 10.1. The van der Waals surface area contributed by atoms with Gasteiger partial charge in [-0.3, -0.25) is 9.36 Å². The zero-order valence-corrected chi connectivity index (χ0v) is 17.4. The van der Waals surface area contributed by atoms with Gasteiger partial charge in [-0.1, -0.05) is 54.2 Å². The Kier molecular flexibility index (Phi) is 5.29. The predicted molar refractivity (Wildman–Crippen MR) is 115 cm³/mol. The fraction of sp³-hybridized carbons (Fsp3) is 0.348. The van der Waals surface area contributed by atoms with Crippen LogP contribution in [0.2, 0.25) is 0 Å². The molecule has 0 spiro atoms. The quantitative estimate of drug-likeness (QED) is 0.532. The molecule has 2 aromatic carbocycles. The van der Waals surface area contributed by atoms with Gasteiger partial charge in [-0.05, 0) is 43.4 Å². The molecule has 7 heteroatoms. The fourth-order valence-electron chi connectivity index (χ4n) is 3.94. The Bertz CT molecular complexity index is 1040. The van der Waals surface area contributed by atoms with Crippen molar-refractivity contribution >= 4 is 17.7 Å². The minimum Gasteiger partial charge on any atom is -0.341 e. The van der Waals surface area contributed by atoms with E-state index in [2.05, 4.69) is 10.2 Å². The average Bonchev–Trinajstić information content (AvgIpc) is 3.29. The van der Waals surface area contributed by atoms with E-state index < -0.39 is 0 Å². The van der Waals surface area contributed by atoms with Crippen molar-refractivity contribution in [1.29, 1.82) is 0 Å². The number of carbonyl (C=O) groups excluding carboxylic acids is 1. The molecule has 1 aliphatic heterocycles. The maximum absolute atomic E-state index is 14.5. The molecule has 5 nitrogen and oxygen atoms in total. The lowest BCUT2D eigenvalue weighted by Crippen LogP contribution is -2.31. The zero-order valence-electron chi connectivity index (χ0n) is 16.6. The van der Waals surface area contributed by atoms with Gasteiger partial charge in [0, 0.05) is 19.1 Å². The smallest absolute Gasteiger partial charge is 0.240 e. The number of benzene rings is 2. The summed E-state index contributed by atoms with van der Waals surface area (Å²) < 4.78 is 16.5. The Labute approximate surface area is 179 Å². The Morgan fingerprint density at radius 3 is 2.40 bits per heavy atom. The molecule has 1 saturated heterocycles. The van der Waals surface area contributed by atoms with E-state index in [1.165, 1.54) is 17.8 Å². The summed E-state index contributed by atoms with van der Waals surface area (Å²) in [6.07, 6.45) is 4.13. The first-order chi connectivity index (χ1) is 14.7. The summed E-state index contributed by atoms with van der Waals surface area (Å²) in [4.78, 5) is 15.3. The molecule has 1 saturated carbocycles. The normalized spacial score (nSPS) is 17.3. The van der Waals surface area contributed by atoms with Crippen LogP contribution in [0.15, 0.2) is 59.8 Å². The zero-order chi connectivity index (χ0) is 20.5. The van der Waals surface area contributed by atoms with E-state index in [1.54, 1.807) is 18.2 Å². The summed E-state index contributed by atoms with van der Waals surface area (Å²) in [5, 5.41) is 9.04. The first-order valence-electron chi connectivity index (χ1n) is 10.4. The number of nitrogens with zero attached hydrogens (tertiary/aromatic N) is 4. The van der Waals surface area contributed by atoms with E-state index in [0.717, 1.165) is 44.3 Å².